The van der Waals surface area contributed by atoms with Gasteiger partial charge >= 0.3 is 0 Å². The maximum Gasteiger partial charge on any atom is 0.220 e. The third kappa shape index (κ3) is 5.80. The Bertz CT molecular complexity index is 727. The number of rotatable bonds is 9. The number of carbonyl (C=O) groups excluding carboxylic acids is 1. The highest BCUT2D eigenvalue weighted by Crippen LogP contribution is 2.26. The Hall–Kier alpha value is -2.49. The molecular weight excluding hydrogens is 326 g/mol. The van der Waals surface area contributed by atoms with E-state index in [1.54, 1.807) is 0 Å². The van der Waals surface area contributed by atoms with E-state index < -0.39 is 0 Å². The maximum absolute atomic E-state index is 12.2. The molecule has 4 heteroatoms. The van der Waals surface area contributed by atoms with Crippen molar-refractivity contribution in [2.75, 3.05) is 13.2 Å². The predicted octanol–water partition coefficient (Wildman–Crippen LogP) is 4.74. The molecule has 1 N–H and O–H groups in total. The Morgan fingerprint density at radius 2 is 1.77 bits per heavy atom. The van der Waals surface area contributed by atoms with E-state index in [9.17, 15) is 4.79 Å². The average Bonchev–Trinajstić information content (AvgIpc) is 2.62. The van der Waals surface area contributed by atoms with E-state index in [4.69, 9.17) is 9.47 Å². The fourth-order valence-corrected chi connectivity index (χ4v) is 2.88. The van der Waals surface area contributed by atoms with E-state index in [-0.39, 0.29) is 11.9 Å². The van der Waals surface area contributed by atoms with Crippen molar-refractivity contribution in [2.24, 2.45) is 0 Å². The lowest BCUT2D eigenvalue weighted by Crippen LogP contribution is -2.27. The number of carbonyl (C=O) groups is 1. The van der Waals surface area contributed by atoms with Crippen LogP contribution in [0.25, 0.3) is 0 Å². The molecule has 1 atom stereocenters. The third-order valence-corrected chi connectivity index (χ3v) is 4.23. The molecule has 0 bridgehead atoms. The number of aryl methyl sites for hydroxylation is 2. The average molecular weight is 355 g/mol. The van der Waals surface area contributed by atoms with E-state index in [1.807, 2.05) is 38.1 Å². The van der Waals surface area contributed by atoms with Gasteiger partial charge in [0.2, 0.25) is 5.91 Å². The Kier molecular flexibility index (Phi) is 7.52. The van der Waals surface area contributed by atoms with Crippen molar-refractivity contribution >= 4 is 5.91 Å². The molecule has 2 aromatic carbocycles. The molecule has 140 valence electrons. The molecule has 0 fully saturated rings. The number of amides is 1. The van der Waals surface area contributed by atoms with Crippen molar-refractivity contribution in [1.82, 2.24) is 5.32 Å². The normalized spacial score (nSPS) is 11.7. The van der Waals surface area contributed by atoms with Gasteiger partial charge in [-0.2, -0.15) is 0 Å². The van der Waals surface area contributed by atoms with E-state index >= 15 is 0 Å². The summed E-state index contributed by atoms with van der Waals surface area (Å²) in [7, 11) is 0. The van der Waals surface area contributed by atoms with Gasteiger partial charge < -0.3 is 14.8 Å². The van der Waals surface area contributed by atoms with Crippen molar-refractivity contribution in [3.05, 3.63) is 59.2 Å². The molecular formula is C22H29NO3. The number of hydrogen-bond donors (Lipinski definition) is 1. The molecule has 0 saturated heterocycles. The van der Waals surface area contributed by atoms with Crippen molar-refractivity contribution in [3.8, 4) is 11.5 Å². The quantitative estimate of drug-likeness (QED) is 0.661. The van der Waals surface area contributed by atoms with Crippen LogP contribution >= 0.6 is 0 Å². The molecule has 0 heterocycles. The highest BCUT2D eigenvalue weighted by atomic mass is 16.5. The van der Waals surface area contributed by atoms with Gasteiger partial charge in [-0.05, 0) is 57.4 Å². The summed E-state index contributed by atoms with van der Waals surface area (Å²) in [6, 6.07) is 13.9. The van der Waals surface area contributed by atoms with Crippen molar-refractivity contribution in [3.63, 3.8) is 0 Å². The molecule has 0 spiro atoms. The fourth-order valence-electron chi connectivity index (χ4n) is 2.88. The van der Waals surface area contributed by atoms with Gasteiger partial charge in [0.1, 0.15) is 0 Å². The van der Waals surface area contributed by atoms with Crippen molar-refractivity contribution < 1.29 is 14.3 Å². The first-order valence-corrected chi connectivity index (χ1v) is 9.22. The molecule has 0 aliphatic rings. The first-order chi connectivity index (χ1) is 12.5. The minimum Gasteiger partial charge on any atom is -0.490 e. The summed E-state index contributed by atoms with van der Waals surface area (Å²) >= 11 is 0. The van der Waals surface area contributed by atoms with Crippen LogP contribution < -0.4 is 14.8 Å². The summed E-state index contributed by atoms with van der Waals surface area (Å²) in [4.78, 5) is 12.2. The van der Waals surface area contributed by atoms with Crippen molar-refractivity contribution in [2.45, 2.75) is 46.6 Å². The number of benzene rings is 2. The zero-order valence-corrected chi connectivity index (χ0v) is 16.2. The van der Waals surface area contributed by atoms with Gasteiger partial charge in [-0.25, -0.2) is 0 Å². The standard InChI is InChI=1S/C22H29NO3/c1-5-25-20-9-6-7-10-21(20)26-14-8-11-22(24)23-18(4)19-15-16(2)12-13-17(19)3/h6-7,9-10,12-13,15,18H,5,8,11,14H2,1-4H3,(H,23,24). The second kappa shape index (κ2) is 9.85. The molecule has 0 aliphatic heterocycles. The first kappa shape index (κ1) is 19.8. The molecule has 1 unspecified atom stereocenters. The molecule has 2 rings (SSSR count). The van der Waals surface area contributed by atoms with Crippen molar-refractivity contribution in [1.29, 1.82) is 0 Å². The van der Waals surface area contributed by atoms with Crippen LogP contribution in [0.2, 0.25) is 0 Å². The summed E-state index contributed by atoms with van der Waals surface area (Å²) in [5, 5.41) is 3.08. The number of hydrogen-bond acceptors (Lipinski definition) is 3. The zero-order chi connectivity index (χ0) is 18.9. The van der Waals surface area contributed by atoms with Gasteiger partial charge in [0.05, 0.1) is 19.3 Å². The highest BCUT2D eigenvalue weighted by Gasteiger charge is 2.12. The second-order valence-corrected chi connectivity index (χ2v) is 6.48. The van der Waals surface area contributed by atoms with Crippen LogP contribution in [0, 0.1) is 13.8 Å². The Balaban J connectivity index is 1.78. The van der Waals surface area contributed by atoms with Gasteiger partial charge in [0.25, 0.3) is 0 Å². The summed E-state index contributed by atoms with van der Waals surface area (Å²) in [6.07, 6.45) is 1.10. The van der Waals surface area contributed by atoms with Gasteiger partial charge in [-0.3, -0.25) is 4.79 Å². The molecule has 4 nitrogen and oxygen atoms in total. The summed E-state index contributed by atoms with van der Waals surface area (Å²) in [6.45, 7) is 9.18. The van der Waals surface area contributed by atoms with Gasteiger partial charge in [0, 0.05) is 6.42 Å². The largest absolute Gasteiger partial charge is 0.490 e. The van der Waals surface area contributed by atoms with Crippen LogP contribution in [0.3, 0.4) is 0 Å². The van der Waals surface area contributed by atoms with Crippen LogP contribution in [-0.4, -0.2) is 19.1 Å². The zero-order valence-electron chi connectivity index (χ0n) is 16.2. The lowest BCUT2D eigenvalue weighted by Gasteiger charge is -2.17. The fraction of sp³-hybridized carbons (Fsp3) is 0.409. The molecule has 0 saturated carbocycles. The minimum atomic E-state index is 0.00185. The van der Waals surface area contributed by atoms with Crippen LogP contribution in [0.15, 0.2) is 42.5 Å². The topological polar surface area (TPSA) is 47.6 Å². The number of para-hydroxylation sites is 2. The smallest absolute Gasteiger partial charge is 0.220 e. The number of nitrogens with one attached hydrogen (secondary N) is 1. The second-order valence-electron chi connectivity index (χ2n) is 6.48. The first-order valence-electron chi connectivity index (χ1n) is 9.22. The van der Waals surface area contributed by atoms with Crippen LogP contribution in [0.1, 0.15) is 49.4 Å². The SMILES string of the molecule is CCOc1ccccc1OCCCC(=O)NC(C)c1cc(C)ccc1C. The summed E-state index contributed by atoms with van der Waals surface area (Å²) in [5.74, 6) is 1.50. The predicted molar refractivity (Wildman–Crippen MR) is 105 cm³/mol. The summed E-state index contributed by atoms with van der Waals surface area (Å²) in [5.41, 5.74) is 3.56. The lowest BCUT2D eigenvalue weighted by molar-refractivity contribution is -0.121. The third-order valence-electron chi connectivity index (χ3n) is 4.23. The van der Waals surface area contributed by atoms with Gasteiger partial charge in [-0.1, -0.05) is 35.9 Å². The Labute approximate surface area is 156 Å². The molecule has 1 amide bonds. The van der Waals surface area contributed by atoms with Crippen LogP contribution in [0.4, 0.5) is 0 Å². The molecule has 0 aromatic heterocycles. The van der Waals surface area contributed by atoms with Gasteiger partial charge in [-0.15, -0.1) is 0 Å². The number of ether oxygens (including phenoxy) is 2. The Morgan fingerprint density at radius 3 is 2.46 bits per heavy atom. The minimum absolute atomic E-state index is 0.00185. The van der Waals surface area contributed by atoms with E-state index in [0.717, 1.165) is 11.5 Å². The molecule has 2 aromatic rings. The van der Waals surface area contributed by atoms with Crippen LogP contribution in [-0.2, 0) is 4.79 Å². The molecule has 0 radical (unpaired) electrons. The lowest BCUT2D eigenvalue weighted by atomic mass is 10.00. The molecule has 26 heavy (non-hydrogen) atoms. The summed E-state index contributed by atoms with van der Waals surface area (Å²) < 4.78 is 11.3. The van der Waals surface area contributed by atoms with Crippen LogP contribution in [0.5, 0.6) is 11.5 Å². The monoisotopic (exact) mass is 355 g/mol. The van der Waals surface area contributed by atoms with E-state index in [2.05, 4.69) is 37.4 Å². The highest BCUT2D eigenvalue weighted by molar-refractivity contribution is 5.76. The molecule has 0 aliphatic carbocycles. The van der Waals surface area contributed by atoms with E-state index in [1.165, 1.54) is 16.7 Å². The Morgan fingerprint density at radius 1 is 1.08 bits per heavy atom. The maximum atomic E-state index is 12.2. The van der Waals surface area contributed by atoms with Gasteiger partial charge in [0.15, 0.2) is 11.5 Å². The van der Waals surface area contributed by atoms with E-state index in [0.29, 0.717) is 26.1 Å².